The SMILES string of the molecule is C[C@@H]1CN(c2ccc3ncc(C(=O)Nc4cccnn4)n3n2)C[C@H](C)O1. The third-order valence-electron chi connectivity index (χ3n) is 4.14. The Morgan fingerprint density at radius 3 is 2.77 bits per heavy atom. The molecule has 1 aliphatic heterocycles. The first-order valence-electron chi connectivity index (χ1n) is 8.44. The molecule has 1 fully saturated rings. The summed E-state index contributed by atoms with van der Waals surface area (Å²) in [4.78, 5) is 19.0. The fourth-order valence-electron chi connectivity index (χ4n) is 3.10. The van der Waals surface area contributed by atoms with Crippen LogP contribution in [0.15, 0.2) is 36.7 Å². The van der Waals surface area contributed by atoms with Crippen LogP contribution >= 0.6 is 0 Å². The van der Waals surface area contributed by atoms with E-state index in [1.54, 1.807) is 22.8 Å². The van der Waals surface area contributed by atoms with Crippen LogP contribution in [-0.4, -0.2) is 56.0 Å². The van der Waals surface area contributed by atoms with Crippen molar-refractivity contribution in [3.8, 4) is 0 Å². The molecule has 1 amide bonds. The van der Waals surface area contributed by atoms with Crippen LogP contribution in [0.4, 0.5) is 11.6 Å². The average Bonchev–Trinajstić information content (AvgIpc) is 3.05. The fourth-order valence-corrected chi connectivity index (χ4v) is 3.10. The Morgan fingerprint density at radius 1 is 1.23 bits per heavy atom. The van der Waals surface area contributed by atoms with Crippen molar-refractivity contribution >= 4 is 23.2 Å². The number of imidazole rings is 1. The molecular weight excluding hydrogens is 334 g/mol. The number of hydrogen-bond donors (Lipinski definition) is 1. The highest BCUT2D eigenvalue weighted by atomic mass is 16.5. The zero-order valence-electron chi connectivity index (χ0n) is 14.5. The predicted molar refractivity (Wildman–Crippen MR) is 95.2 cm³/mol. The standard InChI is InChI=1S/C17H19N7O2/c1-11-9-23(10-12(2)26-11)16-6-5-15-18-8-13(24(15)22-16)17(25)20-14-4-3-7-19-21-14/h3-8,11-12H,9-10H2,1-2H3,(H,20,21,25)/t11-,12+. The van der Waals surface area contributed by atoms with Crippen LogP contribution in [0.2, 0.25) is 0 Å². The molecule has 134 valence electrons. The molecule has 0 aliphatic carbocycles. The van der Waals surface area contributed by atoms with Gasteiger partial charge in [0.2, 0.25) is 0 Å². The van der Waals surface area contributed by atoms with E-state index in [1.807, 2.05) is 26.0 Å². The van der Waals surface area contributed by atoms with Gasteiger partial charge in [0.15, 0.2) is 17.2 Å². The number of aromatic nitrogens is 5. The molecule has 0 saturated carbocycles. The van der Waals surface area contributed by atoms with E-state index in [1.165, 1.54) is 6.20 Å². The number of anilines is 2. The molecule has 0 unspecified atom stereocenters. The molecule has 0 radical (unpaired) electrons. The van der Waals surface area contributed by atoms with E-state index < -0.39 is 0 Å². The molecule has 3 aromatic heterocycles. The van der Waals surface area contributed by atoms with Gasteiger partial charge >= 0.3 is 0 Å². The smallest absolute Gasteiger partial charge is 0.277 e. The summed E-state index contributed by atoms with van der Waals surface area (Å²) in [6.45, 7) is 5.58. The van der Waals surface area contributed by atoms with Crippen LogP contribution in [0, 0.1) is 0 Å². The molecule has 1 aliphatic rings. The van der Waals surface area contributed by atoms with E-state index in [4.69, 9.17) is 4.74 Å². The summed E-state index contributed by atoms with van der Waals surface area (Å²) in [6.07, 6.45) is 3.29. The molecule has 4 heterocycles. The van der Waals surface area contributed by atoms with Gasteiger partial charge in [0.25, 0.3) is 5.91 Å². The molecule has 0 aromatic carbocycles. The highest BCUT2D eigenvalue weighted by molar-refractivity contribution is 6.02. The Hall–Kier alpha value is -3.07. The van der Waals surface area contributed by atoms with Crippen LogP contribution in [0.3, 0.4) is 0 Å². The second kappa shape index (κ2) is 6.68. The van der Waals surface area contributed by atoms with E-state index >= 15 is 0 Å². The van der Waals surface area contributed by atoms with Gasteiger partial charge in [-0.05, 0) is 38.1 Å². The second-order valence-electron chi connectivity index (χ2n) is 6.33. The Balaban J connectivity index is 1.63. The lowest BCUT2D eigenvalue weighted by molar-refractivity contribution is -0.00552. The minimum absolute atomic E-state index is 0.124. The minimum atomic E-state index is -0.341. The Morgan fingerprint density at radius 2 is 2.04 bits per heavy atom. The normalized spacial score (nSPS) is 20.3. The molecule has 9 heteroatoms. The van der Waals surface area contributed by atoms with E-state index in [2.05, 4.69) is 30.5 Å². The van der Waals surface area contributed by atoms with E-state index in [-0.39, 0.29) is 18.1 Å². The van der Waals surface area contributed by atoms with Gasteiger partial charge in [-0.25, -0.2) is 9.50 Å². The van der Waals surface area contributed by atoms with Crippen LogP contribution in [-0.2, 0) is 4.74 Å². The van der Waals surface area contributed by atoms with Gasteiger partial charge < -0.3 is 15.0 Å². The Bertz CT molecular complexity index is 917. The Labute approximate surface area is 150 Å². The van der Waals surface area contributed by atoms with Crippen LogP contribution in [0.5, 0.6) is 0 Å². The van der Waals surface area contributed by atoms with E-state index in [0.29, 0.717) is 17.2 Å². The third-order valence-corrected chi connectivity index (χ3v) is 4.14. The van der Waals surface area contributed by atoms with Crippen molar-refractivity contribution in [1.82, 2.24) is 24.8 Å². The zero-order valence-corrected chi connectivity index (χ0v) is 14.5. The number of rotatable bonds is 3. The van der Waals surface area contributed by atoms with Crippen LogP contribution in [0.25, 0.3) is 5.65 Å². The molecule has 0 spiro atoms. The van der Waals surface area contributed by atoms with Crippen molar-refractivity contribution in [2.24, 2.45) is 0 Å². The highest BCUT2D eigenvalue weighted by Crippen LogP contribution is 2.19. The summed E-state index contributed by atoms with van der Waals surface area (Å²) in [5.74, 6) is 0.817. The quantitative estimate of drug-likeness (QED) is 0.760. The topological polar surface area (TPSA) is 97.5 Å². The first-order valence-corrected chi connectivity index (χ1v) is 8.44. The predicted octanol–water partition coefficient (Wildman–Crippen LogP) is 1.39. The first-order chi connectivity index (χ1) is 12.6. The van der Waals surface area contributed by atoms with Gasteiger partial charge in [0, 0.05) is 19.3 Å². The number of nitrogens with one attached hydrogen (secondary N) is 1. The molecule has 9 nitrogen and oxygen atoms in total. The summed E-state index contributed by atoms with van der Waals surface area (Å²) in [7, 11) is 0. The minimum Gasteiger partial charge on any atom is -0.372 e. The van der Waals surface area contributed by atoms with Crippen molar-refractivity contribution in [1.29, 1.82) is 0 Å². The number of amides is 1. The highest BCUT2D eigenvalue weighted by Gasteiger charge is 2.24. The van der Waals surface area contributed by atoms with Gasteiger partial charge in [-0.15, -0.1) is 10.2 Å². The van der Waals surface area contributed by atoms with Crippen LogP contribution in [0.1, 0.15) is 24.3 Å². The van der Waals surface area contributed by atoms with Crippen LogP contribution < -0.4 is 10.2 Å². The monoisotopic (exact) mass is 353 g/mol. The maximum absolute atomic E-state index is 12.6. The van der Waals surface area contributed by atoms with Crippen molar-refractivity contribution in [2.45, 2.75) is 26.1 Å². The van der Waals surface area contributed by atoms with Crippen molar-refractivity contribution in [3.63, 3.8) is 0 Å². The molecule has 1 N–H and O–H groups in total. The number of hydrogen-bond acceptors (Lipinski definition) is 7. The maximum atomic E-state index is 12.6. The summed E-state index contributed by atoms with van der Waals surface area (Å²) in [5, 5.41) is 14.9. The van der Waals surface area contributed by atoms with Crippen molar-refractivity contribution in [3.05, 3.63) is 42.4 Å². The van der Waals surface area contributed by atoms with E-state index in [9.17, 15) is 4.79 Å². The fraction of sp³-hybridized carbons (Fsp3) is 0.353. The maximum Gasteiger partial charge on any atom is 0.277 e. The van der Waals surface area contributed by atoms with Crippen molar-refractivity contribution < 1.29 is 9.53 Å². The average molecular weight is 353 g/mol. The lowest BCUT2D eigenvalue weighted by Crippen LogP contribution is -2.46. The second-order valence-corrected chi connectivity index (χ2v) is 6.33. The molecular formula is C17H19N7O2. The number of carbonyl (C=O) groups excluding carboxylic acids is 1. The summed E-state index contributed by atoms with van der Waals surface area (Å²) < 4.78 is 7.32. The molecule has 4 rings (SSSR count). The number of nitrogens with zero attached hydrogens (tertiary/aromatic N) is 6. The molecule has 2 atom stereocenters. The van der Waals surface area contributed by atoms with Crippen molar-refractivity contribution in [2.75, 3.05) is 23.3 Å². The van der Waals surface area contributed by atoms with E-state index in [0.717, 1.165) is 18.9 Å². The van der Waals surface area contributed by atoms with Gasteiger partial charge in [0.1, 0.15) is 5.82 Å². The molecule has 1 saturated heterocycles. The summed E-state index contributed by atoms with van der Waals surface area (Å²) in [6, 6.07) is 7.14. The summed E-state index contributed by atoms with van der Waals surface area (Å²) in [5.41, 5.74) is 0.939. The number of ether oxygens (including phenoxy) is 1. The van der Waals surface area contributed by atoms with Gasteiger partial charge in [-0.1, -0.05) is 0 Å². The van der Waals surface area contributed by atoms with Gasteiger partial charge in [0.05, 0.1) is 18.4 Å². The third kappa shape index (κ3) is 3.21. The lowest BCUT2D eigenvalue weighted by Gasteiger charge is -2.35. The molecule has 0 bridgehead atoms. The molecule has 26 heavy (non-hydrogen) atoms. The number of carbonyl (C=O) groups is 1. The zero-order chi connectivity index (χ0) is 18.1. The Kier molecular flexibility index (Phi) is 4.21. The number of fused-ring (bicyclic) bond motifs is 1. The van der Waals surface area contributed by atoms with Gasteiger partial charge in [-0.3, -0.25) is 4.79 Å². The summed E-state index contributed by atoms with van der Waals surface area (Å²) >= 11 is 0. The van der Waals surface area contributed by atoms with Gasteiger partial charge in [-0.2, -0.15) is 5.10 Å². The lowest BCUT2D eigenvalue weighted by atomic mass is 10.2. The molecule has 3 aromatic rings. The first kappa shape index (κ1) is 16.4. The number of morpholine rings is 1. The largest absolute Gasteiger partial charge is 0.372 e.